The number of halogens is 1. The van der Waals surface area contributed by atoms with Crippen molar-refractivity contribution in [2.45, 2.75) is 25.7 Å². The molecule has 2 aromatic carbocycles. The Hall–Kier alpha value is -2.41. The number of aryl methyl sites for hydroxylation is 1. The molecule has 2 aromatic rings. The van der Waals surface area contributed by atoms with Crippen molar-refractivity contribution in [2.75, 3.05) is 34.8 Å². The molecule has 1 N–H and O–H groups in total. The Kier molecular flexibility index (Phi) is 6.67. The van der Waals surface area contributed by atoms with Gasteiger partial charge in [0, 0.05) is 13.1 Å². The normalized spacial score (nSPS) is 14.2. The number of nitrogens with zero attached hydrogens (tertiary/aromatic N) is 1. The maximum absolute atomic E-state index is 14.3. The number of rotatable bonds is 8. The summed E-state index contributed by atoms with van der Waals surface area (Å²) in [5.41, 5.74) is 1.73. The largest absolute Gasteiger partial charge is 0.370 e. The van der Waals surface area contributed by atoms with Gasteiger partial charge in [-0.1, -0.05) is 36.4 Å². The van der Waals surface area contributed by atoms with E-state index in [1.165, 1.54) is 6.07 Å². The molecule has 1 aliphatic heterocycles. The first-order valence-corrected chi connectivity index (χ1v) is 11.3. The van der Waals surface area contributed by atoms with Crippen LogP contribution >= 0.6 is 0 Å². The number of nitrogens with one attached hydrogen (secondary N) is 1. The van der Waals surface area contributed by atoms with Gasteiger partial charge in [0.2, 0.25) is 5.91 Å². The Morgan fingerprint density at radius 1 is 1.04 bits per heavy atom. The monoisotopic (exact) mass is 404 g/mol. The number of benzene rings is 2. The average molecular weight is 405 g/mol. The number of para-hydroxylation sites is 1. The van der Waals surface area contributed by atoms with E-state index in [1.807, 2.05) is 35.2 Å². The molecule has 0 spiro atoms. The number of hydrogen-bond donors (Lipinski definition) is 1. The van der Waals surface area contributed by atoms with Crippen LogP contribution in [0.5, 0.6) is 0 Å². The highest BCUT2D eigenvalue weighted by Crippen LogP contribution is 2.31. The zero-order valence-corrected chi connectivity index (χ0v) is 16.6. The maximum atomic E-state index is 14.3. The quantitative estimate of drug-likeness (QED) is 0.732. The van der Waals surface area contributed by atoms with Gasteiger partial charge in [0.25, 0.3) is 0 Å². The second kappa shape index (κ2) is 9.19. The Balaban J connectivity index is 1.59. The fourth-order valence-corrected chi connectivity index (χ4v) is 4.65. The summed E-state index contributed by atoms with van der Waals surface area (Å²) < 4.78 is 38.9. The van der Waals surface area contributed by atoms with E-state index < -0.39 is 27.3 Å². The van der Waals surface area contributed by atoms with Crippen LogP contribution in [0.4, 0.5) is 15.8 Å². The fourth-order valence-electron chi connectivity index (χ4n) is 3.45. The van der Waals surface area contributed by atoms with Gasteiger partial charge in [-0.05, 0) is 43.4 Å². The maximum Gasteiger partial charge on any atom is 0.239 e. The summed E-state index contributed by atoms with van der Waals surface area (Å²) in [5.74, 6) is -1.98. The van der Waals surface area contributed by atoms with Crippen molar-refractivity contribution in [3.8, 4) is 0 Å². The van der Waals surface area contributed by atoms with E-state index in [2.05, 4.69) is 5.32 Å². The third-order valence-electron chi connectivity index (χ3n) is 4.82. The second-order valence-electron chi connectivity index (χ2n) is 7.06. The second-order valence-corrected chi connectivity index (χ2v) is 9.24. The molecule has 0 bridgehead atoms. The van der Waals surface area contributed by atoms with Crippen LogP contribution in [0.25, 0.3) is 0 Å². The Bertz CT molecular complexity index is 911. The van der Waals surface area contributed by atoms with Gasteiger partial charge in [0.05, 0.1) is 11.4 Å². The number of hydrogen-bond acceptors (Lipinski definition) is 4. The summed E-state index contributed by atoms with van der Waals surface area (Å²) in [5, 5.41) is 2.49. The molecule has 0 saturated carbocycles. The molecule has 150 valence electrons. The molecule has 1 heterocycles. The number of sulfone groups is 1. The third kappa shape index (κ3) is 5.55. The summed E-state index contributed by atoms with van der Waals surface area (Å²) in [4.78, 5) is 14.3. The van der Waals surface area contributed by atoms with Crippen LogP contribution in [0.15, 0.2) is 48.5 Å². The van der Waals surface area contributed by atoms with Crippen LogP contribution in [0.1, 0.15) is 24.8 Å². The van der Waals surface area contributed by atoms with E-state index in [0.717, 1.165) is 31.5 Å². The highest BCUT2D eigenvalue weighted by molar-refractivity contribution is 7.92. The van der Waals surface area contributed by atoms with Crippen LogP contribution in [-0.4, -0.2) is 38.9 Å². The molecule has 1 amide bonds. The van der Waals surface area contributed by atoms with E-state index >= 15 is 0 Å². The van der Waals surface area contributed by atoms with E-state index in [-0.39, 0.29) is 11.4 Å². The lowest BCUT2D eigenvalue weighted by atomic mass is 10.1. The van der Waals surface area contributed by atoms with Crippen LogP contribution in [-0.2, 0) is 21.1 Å². The van der Waals surface area contributed by atoms with Crippen LogP contribution in [0.3, 0.4) is 0 Å². The predicted molar refractivity (Wildman–Crippen MR) is 110 cm³/mol. The van der Waals surface area contributed by atoms with Gasteiger partial charge in [0.15, 0.2) is 9.84 Å². The molecule has 1 saturated heterocycles. The van der Waals surface area contributed by atoms with Crippen molar-refractivity contribution < 1.29 is 17.6 Å². The van der Waals surface area contributed by atoms with Gasteiger partial charge < -0.3 is 10.2 Å². The molecule has 1 aliphatic rings. The number of anilines is 2. The van der Waals surface area contributed by atoms with Crippen LogP contribution < -0.4 is 10.2 Å². The number of carbonyl (C=O) groups is 1. The van der Waals surface area contributed by atoms with Crippen molar-refractivity contribution in [2.24, 2.45) is 0 Å². The zero-order valence-electron chi connectivity index (χ0n) is 15.7. The minimum atomic E-state index is -3.56. The highest BCUT2D eigenvalue weighted by atomic mass is 32.2. The van der Waals surface area contributed by atoms with E-state index in [9.17, 15) is 17.6 Å². The molecule has 7 heteroatoms. The number of amides is 1. The van der Waals surface area contributed by atoms with Gasteiger partial charge in [-0.15, -0.1) is 0 Å². The smallest absolute Gasteiger partial charge is 0.239 e. The molecular weight excluding hydrogens is 379 g/mol. The van der Waals surface area contributed by atoms with E-state index in [0.29, 0.717) is 18.5 Å². The van der Waals surface area contributed by atoms with Crippen molar-refractivity contribution in [1.82, 2.24) is 0 Å². The molecule has 0 atom stereocenters. The molecule has 0 aliphatic carbocycles. The van der Waals surface area contributed by atoms with Crippen molar-refractivity contribution in [1.29, 1.82) is 0 Å². The van der Waals surface area contributed by atoms with Crippen molar-refractivity contribution >= 4 is 27.1 Å². The lowest BCUT2D eigenvalue weighted by Gasteiger charge is -2.22. The molecule has 5 nitrogen and oxygen atoms in total. The molecule has 0 radical (unpaired) electrons. The topological polar surface area (TPSA) is 66.5 Å². The van der Waals surface area contributed by atoms with Gasteiger partial charge in [-0.2, -0.15) is 0 Å². The Morgan fingerprint density at radius 3 is 2.46 bits per heavy atom. The van der Waals surface area contributed by atoms with Crippen LogP contribution in [0.2, 0.25) is 0 Å². The first-order valence-electron chi connectivity index (χ1n) is 9.52. The predicted octanol–water partition coefficient (Wildman–Crippen LogP) is 3.41. The first-order chi connectivity index (χ1) is 13.4. The lowest BCUT2D eigenvalue weighted by molar-refractivity contribution is -0.113. The molecule has 1 fully saturated rings. The van der Waals surface area contributed by atoms with Gasteiger partial charge in [0.1, 0.15) is 17.3 Å². The molecular formula is C21H25FN2O3S. The molecule has 28 heavy (non-hydrogen) atoms. The summed E-state index contributed by atoms with van der Waals surface area (Å²) in [6.07, 6.45) is 3.10. The Morgan fingerprint density at radius 2 is 1.75 bits per heavy atom. The molecule has 0 unspecified atom stereocenters. The minimum Gasteiger partial charge on any atom is -0.370 e. The molecule has 0 aromatic heterocycles. The third-order valence-corrected chi connectivity index (χ3v) is 6.43. The van der Waals surface area contributed by atoms with Gasteiger partial charge >= 0.3 is 0 Å². The first kappa shape index (κ1) is 20.3. The lowest BCUT2D eigenvalue weighted by Crippen LogP contribution is -2.27. The number of carbonyl (C=O) groups excluding carboxylic acids is 1. The minimum absolute atomic E-state index is 0.0638. The van der Waals surface area contributed by atoms with E-state index in [4.69, 9.17) is 0 Å². The van der Waals surface area contributed by atoms with Gasteiger partial charge in [-0.3, -0.25) is 4.79 Å². The summed E-state index contributed by atoms with van der Waals surface area (Å²) in [6, 6.07) is 14.2. The van der Waals surface area contributed by atoms with Crippen molar-refractivity contribution in [3.63, 3.8) is 0 Å². The van der Waals surface area contributed by atoms with Gasteiger partial charge in [-0.25, -0.2) is 12.8 Å². The zero-order chi connectivity index (χ0) is 20.0. The van der Waals surface area contributed by atoms with Crippen LogP contribution in [0, 0.1) is 5.82 Å². The average Bonchev–Trinajstić information content (AvgIpc) is 3.18. The fraction of sp³-hybridized carbons (Fsp3) is 0.381. The molecule has 3 rings (SSSR count). The van der Waals surface area contributed by atoms with E-state index in [1.54, 1.807) is 12.1 Å². The Labute approximate surface area is 165 Å². The summed E-state index contributed by atoms with van der Waals surface area (Å²) in [7, 11) is -3.56. The standard InChI is InChI=1S/C21H25FN2O3S/c22-18-11-6-12-19(24-13-4-5-14-24)21(18)23-20(25)16-28(26,27)15-7-10-17-8-2-1-3-9-17/h1-3,6,8-9,11-12H,4-5,7,10,13-16H2,(H,23,25). The van der Waals surface area contributed by atoms with Crippen molar-refractivity contribution in [3.05, 3.63) is 59.9 Å². The summed E-state index contributed by atoms with van der Waals surface area (Å²) in [6.45, 7) is 1.59. The summed E-state index contributed by atoms with van der Waals surface area (Å²) >= 11 is 0. The SMILES string of the molecule is O=C(CS(=O)(=O)CCCc1ccccc1)Nc1c(F)cccc1N1CCCC1. The highest BCUT2D eigenvalue weighted by Gasteiger charge is 2.22.